The molecule has 0 atom stereocenters. The van der Waals surface area contributed by atoms with Crippen molar-refractivity contribution in [1.82, 2.24) is 0 Å². The molecule has 3 heteroatoms. The first-order chi connectivity index (χ1) is 9.81. The molecule has 3 nitrogen and oxygen atoms in total. The van der Waals surface area contributed by atoms with Gasteiger partial charge in [-0.3, -0.25) is 9.78 Å². The molecule has 20 heavy (non-hydrogen) atoms. The summed E-state index contributed by atoms with van der Waals surface area (Å²) in [5, 5.41) is 13.7. The number of hydrogen-bond acceptors (Lipinski definition) is 3. The topological polar surface area (TPSA) is 38.7 Å². The normalized spacial score (nSPS) is 10.7. The molecular formula is C17H14O3. The van der Waals surface area contributed by atoms with Crippen LogP contribution in [0.3, 0.4) is 0 Å². The molecule has 100 valence electrons. The van der Waals surface area contributed by atoms with Gasteiger partial charge in [0, 0.05) is 0 Å². The Morgan fingerprint density at radius 2 is 1.65 bits per heavy atom. The third kappa shape index (κ3) is 2.19. The Labute approximate surface area is 116 Å². The highest BCUT2D eigenvalue weighted by molar-refractivity contribution is 6.07. The number of benzene rings is 3. The van der Waals surface area contributed by atoms with E-state index >= 15 is 0 Å². The largest absolute Gasteiger partial charge is 0.392 e. The predicted molar refractivity (Wildman–Crippen MR) is 79.3 cm³/mol. The van der Waals surface area contributed by atoms with E-state index in [1.54, 1.807) is 0 Å². The summed E-state index contributed by atoms with van der Waals surface area (Å²) in [7, 11) is 0. The predicted octanol–water partition coefficient (Wildman–Crippen LogP) is 3.94. The number of rotatable bonds is 4. The molecule has 3 rings (SSSR count). The molecule has 0 aliphatic rings. The molecule has 0 aliphatic carbocycles. The molecule has 3 aromatic rings. The molecule has 0 spiro atoms. The molecular weight excluding hydrogens is 252 g/mol. The number of aliphatic hydroxyl groups is 1. The Morgan fingerprint density at radius 1 is 0.950 bits per heavy atom. The van der Waals surface area contributed by atoms with Crippen LogP contribution in [0.5, 0.6) is 5.75 Å². The van der Waals surface area contributed by atoms with Crippen LogP contribution < -0.4 is 4.89 Å². The molecule has 0 heterocycles. The number of fused-ring (bicyclic) bond motifs is 3. The third-order valence-corrected chi connectivity index (χ3v) is 3.27. The fraction of sp³-hybridized carbons (Fsp3) is 0.0588. The van der Waals surface area contributed by atoms with Crippen molar-refractivity contribution in [3.05, 3.63) is 66.9 Å². The van der Waals surface area contributed by atoms with Crippen LogP contribution in [-0.4, -0.2) is 5.11 Å². The van der Waals surface area contributed by atoms with E-state index in [4.69, 9.17) is 9.78 Å². The van der Waals surface area contributed by atoms with E-state index in [0.717, 1.165) is 27.1 Å². The van der Waals surface area contributed by atoms with Gasteiger partial charge in [-0.25, -0.2) is 0 Å². The Balaban J connectivity index is 2.14. The minimum absolute atomic E-state index is 0.0552. The van der Waals surface area contributed by atoms with E-state index in [0.29, 0.717) is 5.75 Å². The van der Waals surface area contributed by atoms with E-state index in [1.165, 1.54) is 6.26 Å². The van der Waals surface area contributed by atoms with Gasteiger partial charge in [-0.1, -0.05) is 30.8 Å². The van der Waals surface area contributed by atoms with Crippen LogP contribution in [0.15, 0.2) is 61.4 Å². The number of hydrogen-bond donors (Lipinski definition) is 1. The Hall–Kier alpha value is -2.52. The third-order valence-electron chi connectivity index (χ3n) is 3.27. The maximum Gasteiger partial charge on any atom is 0.179 e. The van der Waals surface area contributed by atoms with Gasteiger partial charge < -0.3 is 5.11 Å². The van der Waals surface area contributed by atoms with Crippen LogP contribution in [0.4, 0.5) is 0 Å². The molecule has 0 aliphatic heterocycles. The van der Waals surface area contributed by atoms with Gasteiger partial charge in [-0.2, -0.15) is 0 Å². The van der Waals surface area contributed by atoms with Crippen molar-refractivity contribution in [2.24, 2.45) is 0 Å². The highest BCUT2D eigenvalue weighted by Gasteiger charge is 2.04. The molecule has 0 saturated heterocycles. The van der Waals surface area contributed by atoms with E-state index in [-0.39, 0.29) is 6.61 Å². The second kappa shape index (κ2) is 5.23. The lowest BCUT2D eigenvalue weighted by molar-refractivity contribution is -0.148. The first-order valence-corrected chi connectivity index (χ1v) is 6.32. The average molecular weight is 266 g/mol. The second-order valence-electron chi connectivity index (χ2n) is 4.51. The summed E-state index contributed by atoms with van der Waals surface area (Å²) in [6.07, 6.45) is 1.24. The van der Waals surface area contributed by atoms with Crippen molar-refractivity contribution in [1.29, 1.82) is 0 Å². The smallest absolute Gasteiger partial charge is 0.179 e. The Morgan fingerprint density at radius 3 is 2.35 bits per heavy atom. The fourth-order valence-electron chi connectivity index (χ4n) is 2.34. The van der Waals surface area contributed by atoms with Crippen molar-refractivity contribution in [3.63, 3.8) is 0 Å². The van der Waals surface area contributed by atoms with Crippen molar-refractivity contribution in [2.75, 3.05) is 0 Å². The molecule has 0 amide bonds. The lowest BCUT2D eigenvalue weighted by Crippen LogP contribution is -1.89. The van der Waals surface area contributed by atoms with Crippen molar-refractivity contribution >= 4 is 21.5 Å². The van der Waals surface area contributed by atoms with Gasteiger partial charge in [0.25, 0.3) is 0 Å². The van der Waals surface area contributed by atoms with Crippen molar-refractivity contribution < 1.29 is 14.9 Å². The fourth-order valence-corrected chi connectivity index (χ4v) is 2.34. The van der Waals surface area contributed by atoms with E-state index in [2.05, 4.69) is 6.58 Å². The summed E-state index contributed by atoms with van der Waals surface area (Å²) in [6, 6.07) is 15.8. The van der Waals surface area contributed by atoms with Gasteiger partial charge in [0.2, 0.25) is 0 Å². The standard InChI is InChI=1S/C17H14O3/c1-2-19-20-15-6-8-17-14(10-15)5-4-13-9-12(11-18)3-7-16(13)17/h2-10,18H,1,11H2. The summed E-state index contributed by atoms with van der Waals surface area (Å²) >= 11 is 0. The minimum Gasteiger partial charge on any atom is -0.392 e. The van der Waals surface area contributed by atoms with Crippen LogP contribution in [0.1, 0.15) is 5.56 Å². The van der Waals surface area contributed by atoms with Crippen molar-refractivity contribution in [3.8, 4) is 5.75 Å². The molecule has 1 N–H and O–H groups in total. The lowest BCUT2D eigenvalue weighted by atomic mass is 10.0. The summed E-state index contributed by atoms with van der Waals surface area (Å²) in [5.41, 5.74) is 0.913. The average Bonchev–Trinajstić information content (AvgIpc) is 2.51. The highest BCUT2D eigenvalue weighted by Crippen LogP contribution is 2.29. The monoisotopic (exact) mass is 266 g/mol. The molecule has 0 unspecified atom stereocenters. The zero-order chi connectivity index (χ0) is 13.9. The summed E-state index contributed by atoms with van der Waals surface area (Å²) in [4.78, 5) is 9.78. The molecule has 0 aromatic heterocycles. The van der Waals surface area contributed by atoms with Crippen molar-refractivity contribution in [2.45, 2.75) is 6.61 Å². The van der Waals surface area contributed by atoms with Crippen LogP contribution >= 0.6 is 0 Å². The zero-order valence-electron chi connectivity index (χ0n) is 10.9. The van der Waals surface area contributed by atoms with Gasteiger partial charge in [0.15, 0.2) is 5.75 Å². The molecule has 0 saturated carbocycles. The van der Waals surface area contributed by atoms with Crippen LogP contribution in [0, 0.1) is 0 Å². The van der Waals surface area contributed by atoms with Gasteiger partial charge in [0.1, 0.15) is 6.26 Å². The Bertz CT molecular complexity index is 778. The van der Waals surface area contributed by atoms with Crippen LogP contribution in [-0.2, 0) is 11.5 Å². The maximum absolute atomic E-state index is 9.19. The summed E-state index contributed by atoms with van der Waals surface area (Å²) in [6.45, 7) is 3.48. The Kier molecular flexibility index (Phi) is 3.27. The zero-order valence-corrected chi connectivity index (χ0v) is 10.9. The highest BCUT2D eigenvalue weighted by atomic mass is 17.2. The van der Waals surface area contributed by atoms with E-state index < -0.39 is 0 Å². The second-order valence-corrected chi connectivity index (χ2v) is 4.51. The maximum atomic E-state index is 9.19. The molecule has 0 bridgehead atoms. The van der Waals surface area contributed by atoms with Gasteiger partial charge in [-0.15, -0.1) is 0 Å². The van der Waals surface area contributed by atoms with Gasteiger partial charge in [-0.05, 0) is 51.4 Å². The van der Waals surface area contributed by atoms with Crippen LogP contribution in [0.2, 0.25) is 0 Å². The number of aliphatic hydroxyl groups excluding tert-OH is 1. The van der Waals surface area contributed by atoms with Gasteiger partial charge in [0.05, 0.1) is 6.61 Å². The quantitative estimate of drug-likeness (QED) is 0.336. The lowest BCUT2D eigenvalue weighted by Gasteiger charge is -2.07. The molecule has 0 radical (unpaired) electrons. The summed E-state index contributed by atoms with van der Waals surface area (Å²) in [5.74, 6) is 0.628. The molecule has 3 aromatic carbocycles. The molecule has 0 fully saturated rings. The van der Waals surface area contributed by atoms with Gasteiger partial charge >= 0.3 is 0 Å². The van der Waals surface area contributed by atoms with Crippen LogP contribution in [0.25, 0.3) is 21.5 Å². The van der Waals surface area contributed by atoms with E-state index in [9.17, 15) is 5.11 Å². The van der Waals surface area contributed by atoms with E-state index in [1.807, 2.05) is 48.5 Å². The minimum atomic E-state index is 0.0552. The first kappa shape index (κ1) is 12.5. The summed E-state index contributed by atoms with van der Waals surface area (Å²) < 4.78 is 0. The SMILES string of the molecule is C=COOc1ccc2c(ccc3cc(CO)ccc32)c1. The first-order valence-electron chi connectivity index (χ1n) is 6.32.